The van der Waals surface area contributed by atoms with Gasteiger partial charge in [0.25, 0.3) is 0 Å². The molecule has 1 N–H and O–H groups in total. The molecule has 0 saturated carbocycles. The van der Waals surface area contributed by atoms with Crippen LogP contribution in [0, 0.1) is 0 Å². The Balaban J connectivity index is 1.78. The number of hydrogen-bond donors (Lipinski definition) is 1. The van der Waals surface area contributed by atoms with Gasteiger partial charge in [0, 0.05) is 6.07 Å². The van der Waals surface area contributed by atoms with Gasteiger partial charge in [0.2, 0.25) is 5.91 Å². The predicted octanol–water partition coefficient (Wildman–Crippen LogP) is 4.36. The molecule has 0 bridgehead atoms. The van der Waals surface area contributed by atoms with Gasteiger partial charge < -0.3 is 14.8 Å². The molecule has 0 aromatic heterocycles. The fourth-order valence-electron chi connectivity index (χ4n) is 3.38. The second kappa shape index (κ2) is 9.75. The fraction of sp³-hybridized carbons (Fsp3) is 0.208. The number of carbonyl (C=O) groups excluding carboxylic acids is 1. The lowest BCUT2D eigenvalue weighted by Gasteiger charge is -2.28. The highest BCUT2D eigenvalue weighted by Gasteiger charge is 2.21. The lowest BCUT2D eigenvalue weighted by atomic mass is 9.97. The molecule has 0 atom stereocenters. The summed E-state index contributed by atoms with van der Waals surface area (Å²) in [5.74, 6) is 1.11. The van der Waals surface area contributed by atoms with E-state index < -0.39 is 0 Å². The van der Waals surface area contributed by atoms with E-state index >= 15 is 0 Å². The Morgan fingerprint density at radius 2 is 1.48 bits per heavy atom. The Morgan fingerprint density at radius 1 is 0.897 bits per heavy atom. The average Bonchev–Trinajstić information content (AvgIpc) is 2.75. The minimum Gasteiger partial charge on any atom is -0.497 e. The van der Waals surface area contributed by atoms with Crippen LogP contribution in [0.2, 0.25) is 0 Å². The molecule has 0 spiro atoms. The van der Waals surface area contributed by atoms with Crippen LogP contribution < -0.4 is 14.8 Å². The molecule has 0 aliphatic rings. The number of amides is 1. The lowest BCUT2D eigenvalue weighted by molar-refractivity contribution is -0.117. The lowest BCUT2D eigenvalue weighted by Crippen LogP contribution is -2.34. The summed E-state index contributed by atoms with van der Waals surface area (Å²) in [6.07, 6.45) is 0. The summed E-state index contributed by atoms with van der Waals surface area (Å²) in [6.45, 7) is 0.226. The van der Waals surface area contributed by atoms with Crippen molar-refractivity contribution in [3.8, 4) is 11.5 Å². The molecule has 0 aliphatic heterocycles. The fourth-order valence-corrected chi connectivity index (χ4v) is 3.38. The molecule has 0 fully saturated rings. The van der Waals surface area contributed by atoms with Crippen molar-refractivity contribution in [1.29, 1.82) is 0 Å². The van der Waals surface area contributed by atoms with E-state index in [2.05, 4.69) is 29.6 Å². The number of rotatable bonds is 8. The zero-order valence-electron chi connectivity index (χ0n) is 17.0. The number of benzene rings is 3. The average molecular weight is 390 g/mol. The number of likely N-dealkylation sites (N-methyl/N-ethyl adjacent to an activating group) is 1. The van der Waals surface area contributed by atoms with Gasteiger partial charge in [0.05, 0.1) is 32.5 Å². The second-order valence-electron chi connectivity index (χ2n) is 6.75. The van der Waals surface area contributed by atoms with Crippen LogP contribution in [0.3, 0.4) is 0 Å². The molecule has 3 aromatic carbocycles. The first-order valence-electron chi connectivity index (χ1n) is 9.44. The Morgan fingerprint density at radius 3 is 2.00 bits per heavy atom. The highest BCUT2D eigenvalue weighted by molar-refractivity contribution is 5.93. The number of methoxy groups -OCH3 is 2. The van der Waals surface area contributed by atoms with Crippen LogP contribution in [0.25, 0.3) is 0 Å². The smallest absolute Gasteiger partial charge is 0.238 e. The number of anilines is 1. The van der Waals surface area contributed by atoms with Crippen molar-refractivity contribution in [1.82, 2.24) is 4.90 Å². The molecule has 0 radical (unpaired) electrons. The van der Waals surface area contributed by atoms with Crippen LogP contribution in [0.1, 0.15) is 17.2 Å². The van der Waals surface area contributed by atoms with Crippen molar-refractivity contribution in [3.63, 3.8) is 0 Å². The van der Waals surface area contributed by atoms with Crippen molar-refractivity contribution in [2.45, 2.75) is 6.04 Å². The van der Waals surface area contributed by atoms with Crippen LogP contribution in [0.15, 0.2) is 78.9 Å². The van der Waals surface area contributed by atoms with E-state index in [-0.39, 0.29) is 18.5 Å². The predicted molar refractivity (Wildman–Crippen MR) is 116 cm³/mol. The monoisotopic (exact) mass is 390 g/mol. The maximum absolute atomic E-state index is 12.8. The third-order valence-corrected chi connectivity index (χ3v) is 4.75. The van der Waals surface area contributed by atoms with Gasteiger partial charge >= 0.3 is 0 Å². The number of carbonyl (C=O) groups is 1. The number of nitrogens with one attached hydrogen (secondary N) is 1. The van der Waals surface area contributed by atoms with Crippen LogP contribution in [0.4, 0.5) is 5.69 Å². The number of hydrogen-bond acceptors (Lipinski definition) is 4. The molecular formula is C24H26N2O3. The second-order valence-corrected chi connectivity index (χ2v) is 6.75. The molecule has 5 heteroatoms. The largest absolute Gasteiger partial charge is 0.497 e. The molecule has 5 nitrogen and oxygen atoms in total. The van der Waals surface area contributed by atoms with E-state index in [0.717, 1.165) is 11.1 Å². The molecule has 0 saturated heterocycles. The van der Waals surface area contributed by atoms with Crippen molar-refractivity contribution in [2.75, 3.05) is 33.1 Å². The third kappa shape index (κ3) is 5.15. The Labute approximate surface area is 171 Å². The first kappa shape index (κ1) is 20.4. The first-order valence-corrected chi connectivity index (χ1v) is 9.44. The van der Waals surface area contributed by atoms with Gasteiger partial charge in [0.15, 0.2) is 0 Å². The highest BCUT2D eigenvalue weighted by atomic mass is 16.5. The van der Waals surface area contributed by atoms with Crippen LogP contribution in [0.5, 0.6) is 11.5 Å². The summed E-state index contributed by atoms with van der Waals surface area (Å²) in [4.78, 5) is 14.8. The van der Waals surface area contributed by atoms with E-state index in [4.69, 9.17) is 9.47 Å². The molecule has 29 heavy (non-hydrogen) atoms. The van der Waals surface area contributed by atoms with Crippen molar-refractivity contribution < 1.29 is 14.3 Å². The zero-order chi connectivity index (χ0) is 20.6. The van der Waals surface area contributed by atoms with E-state index in [9.17, 15) is 4.79 Å². The topological polar surface area (TPSA) is 50.8 Å². The molecular weight excluding hydrogens is 364 g/mol. The summed E-state index contributed by atoms with van der Waals surface area (Å²) in [7, 11) is 5.11. The minimum absolute atomic E-state index is 0.0269. The Hall–Kier alpha value is -3.31. The van der Waals surface area contributed by atoms with Gasteiger partial charge in [-0.2, -0.15) is 0 Å². The van der Waals surface area contributed by atoms with Crippen molar-refractivity contribution in [3.05, 3.63) is 90.0 Å². The summed E-state index contributed by atoms with van der Waals surface area (Å²) in [5.41, 5.74) is 2.88. The van der Waals surface area contributed by atoms with E-state index in [1.165, 1.54) is 0 Å². The van der Waals surface area contributed by atoms with Gasteiger partial charge in [-0.3, -0.25) is 9.69 Å². The molecule has 1 amide bonds. The van der Waals surface area contributed by atoms with Gasteiger partial charge in [-0.25, -0.2) is 0 Å². The van der Waals surface area contributed by atoms with Gasteiger partial charge in [0.1, 0.15) is 11.5 Å². The van der Waals surface area contributed by atoms with Gasteiger partial charge in [-0.05, 0) is 30.3 Å². The van der Waals surface area contributed by atoms with Gasteiger partial charge in [-0.15, -0.1) is 0 Å². The highest BCUT2D eigenvalue weighted by Crippen LogP contribution is 2.30. The molecule has 0 heterocycles. The molecule has 3 rings (SSSR count). The third-order valence-electron chi connectivity index (χ3n) is 4.75. The summed E-state index contributed by atoms with van der Waals surface area (Å²) in [6, 6.07) is 25.7. The van der Waals surface area contributed by atoms with Gasteiger partial charge in [-0.1, -0.05) is 60.7 Å². The van der Waals surface area contributed by atoms with Crippen LogP contribution in [-0.2, 0) is 4.79 Å². The summed E-state index contributed by atoms with van der Waals surface area (Å²) < 4.78 is 10.6. The van der Waals surface area contributed by atoms with E-state index in [1.807, 2.05) is 48.3 Å². The Kier molecular flexibility index (Phi) is 6.87. The summed E-state index contributed by atoms with van der Waals surface area (Å²) in [5, 5.41) is 2.94. The van der Waals surface area contributed by atoms with Crippen molar-refractivity contribution in [2.24, 2.45) is 0 Å². The number of ether oxygens (including phenoxy) is 2. The maximum atomic E-state index is 12.8. The minimum atomic E-state index is -0.118. The van der Waals surface area contributed by atoms with Crippen molar-refractivity contribution >= 4 is 11.6 Å². The standard InChI is InChI=1S/C24H26N2O3/c1-26(17-23(27)25-21-15-14-20(28-2)16-22(21)29-3)24(18-10-6-4-7-11-18)19-12-8-5-9-13-19/h4-16,24H,17H2,1-3H3,(H,25,27). The number of nitrogens with zero attached hydrogens (tertiary/aromatic N) is 1. The normalized spacial score (nSPS) is 10.8. The van der Waals surface area contributed by atoms with E-state index in [1.54, 1.807) is 32.4 Å². The zero-order valence-corrected chi connectivity index (χ0v) is 17.0. The van der Waals surface area contributed by atoms with Crippen LogP contribution in [-0.4, -0.2) is 38.6 Å². The first-order chi connectivity index (χ1) is 14.1. The SMILES string of the molecule is COc1ccc(NC(=O)CN(C)C(c2ccccc2)c2ccccc2)c(OC)c1. The molecule has 150 valence electrons. The molecule has 0 unspecified atom stereocenters. The van der Waals surface area contributed by atoms with E-state index in [0.29, 0.717) is 17.2 Å². The maximum Gasteiger partial charge on any atom is 0.238 e. The Bertz CT molecular complexity index is 890. The molecule has 0 aliphatic carbocycles. The molecule has 3 aromatic rings. The van der Waals surface area contributed by atoms with Crippen LogP contribution >= 0.6 is 0 Å². The quantitative estimate of drug-likeness (QED) is 0.621. The summed E-state index contributed by atoms with van der Waals surface area (Å²) >= 11 is 0.